The van der Waals surface area contributed by atoms with Crippen LogP contribution in [0.25, 0.3) is 0 Å². The van der Waals surface area contributed by atoms with Gasteiger partial charge in [0, 0.05) is 49.9 Å². The zero-order valence-corrected chi connectivity index (χ0v) is 21.5. The van der Waals surface area contributed by atoms with Crippen LogP contribution in [0.15, 0.2) is 24.5 Å². The fraction of sp³-hybridized carbons (Fsp3) is 0.577. The molecule has 0 spiro atoms. The van der Waals surface area contributed by atoms with Crippen molar-refractivity contribution in [1.82, 2.24) is 19.8 Å². The molecule has 0 saturated carbocycles. The van der Waals surface area contributed by atoms with Gasteiger partial charge in [-0.15, -0.1) is 0 Å². The molecule has 1 saturated heterocycles. The largest absolute Gasteiger partial charge is 0.416 e. The molecule has 0 radical (unpaired) electrons. The minimum Gasteiger partial charge on any atom is -0.387 e. The monoisotopic (exact) mass is 523 g/mol. The van der Waals surface area contributed by atoms with Gasteiger partial charge in [-0.2, -0.15) is 13.2 Å². The van der Waals surface area contributed by atoms with Gasteiger partial charge in [0.15, 0.2) is 0 Å². The van der Waals surface area contributed by atoms with Gasteiger partial charge in [-0.05, 0) is 45.4 Å². The number of hydrogen-bond acceptors (Lipinski definition) is 6. The fourth-order valence-electron chi connectivity index (χ4n) is 5.11. The number of amides is 1. The second-order valence-corrected chi connectivity index (χ2v) is 10.3. The summed E-state index contributed by atoms with van der Waals surface area (Å²) in [6.45, 7) is 7.75. The predicted molar refractivity (Wildman–Crippen MR) is 131 cm³/mol. The Balaban J connectivity index is 1.54. The van der Waals surface area contributed by atoms with Gasteiger partial charge in [0.1, 0.15) is 18.0 Å². The molecule has 1 N–H and O–H groups in total. The highest BCUT2D eigenvalue weighted by Crippen LogP contribution is 2.43. The molecule has 1 amide bonds. The highest BCUT2D eigenvalue weighted by Gasteiger charge is 2.37. The second-order valence-electron chi connectivity index (χ2n) is 10.3. The van der Waals surface area contributed by atoms with Crippen LogP contribution in [-0.4, -0.2) is 76.6 Å². The molecule has 11 heteroatoms. The Kier molecular flexibility index (Phi) is 7.75. The van der Waals surface area contributed by atoms with Crippen molar-refractivity contribution in [2.75, 3.05) is 44.7 Å². The molecule has 0 bridgehead atoms. The molecule has 2 aromatic rings. The number of aromatic nitrogens is 2. The summed E-state index contributed by atoms with van der Waals surface area (Å²) >= 11 is 0. The Labute approximate surface area is 214 Å². The fourth-order valence-corrected chi connectivity index (χ4v) is 5.11. The minimum absolute atomic E-state index is 0.0376. The van der Waals surface area contributed by atoms with Gasteiger partial charge in [0.25, 0.3) is 0 Å². The molecular weight excluding hydrogens is 490 g/mol. The quantitative estimate of drug-likeness (QED) is 0.579. The van der Waals surface area contributed by atoms with Crippen LogP contribution in [-0.2, 0) is 11.0 Å². The average molecular weight is 524 g/mol. The number of halogens is 4. The lowest BCUT2D eigenvalue weighted by molar-refractivity contribution is -0.137. The molecule has 1 aromatic heterocycles. The topological polar surface area (TPSA) is 72.8 Å². The standard InChI is InChI=1S/C26H33F4N5O2/c1-15(2)33(4)13-19(18-6-5-17(12-20(18)27)26(28,29)30)25(37)35-9-7-34(8-10-35)24-22-16(3)11-21(36)23(22)31-14-32-24/h5-6,12,14-16,19,21,36H,7-11,13H2,1-4H3/t16-,19-,21-/m1/s1. The van der Waals surface area contributed by atoms with E-state index in [0.717, 1.165) is 23.5 Å². The van der Waals surface area contributed by atoms with E-state index in [1.165, 1.54) is 6.33 Å². The summed E-state index contributed by atoms with van der Waals surface area (Å²) in [6, 6.07) is 2.44. The van der Waals surface area contributed by atoms with Crippen LogP contribution in [0.4, 0.5) is 23.4 Å². The summed E-state index contributed by atoms with van der Waals surface area (Å²) in [7, 11) is 1.80. The molecule has 2 heterocycles. The van der Waals surface area contributed by atoms with Crippen LogP contribution in [0.2, 0.25) is 0 Å². The number of piperazine rings is 1. The number of hydrogen-bond donors (Lipinski definition) is 1. The van der Waals surface area contributed by atoms with Crippen molar-refractivity contribution in [1.29, 1.82) is 0 Å². The van der Waals surface area contributed by atoms with Gasteiger partial charge >= 0.3 is 6.18 Å². The highest BCUT2D eigenvalue weighted by atomic mass is 19.4. The molecule has 7 nitrogen and oxygen atoms in total. The van der Waals surface area contributed by atoms with Gasteiger partial charge < -0.3 is 19.8 Å². The van der Waals surface area contributed by atoms with E-state index < -0.39 is 29.6 Å². The number of rotatable bonds is 6. The van der Waals surface area contributed by atoms with Crippen LogP contribution in [0.5, 0.6) is 0 Å². The first kappa shape index (κ1) is 27.3. The molecule has 2 aliphatic rings. The van der Waals surface area contributed by atoms with E-state index in [1.54, 1.807) is 11.9 Å². The maximum absolute atomic E-state index is 15.0. The number of anilines is 1. The number of alkyl halides is 3. The second kappa shape index (κ2) is 10.5. The van der Waals surface area contributed by atoms with Crippen molar-refractivity contribution in [2.24, 2.45) is 0 Å². The SMILES string of the molecule is CC(C)N(C)C[C@@H](C(=O)N1CCN(c2ncnc3c2[C@H](C)C[C@H]3O)CC1)c1ccc(C(F)(F)F)cc1F. The first-order valence-corrected chi connectivity index (χ1v) is 12.5. The van der Waals surface area contributed by atoms with Gasteiger partial charge in [0.05, 0.1) is 23.3 Å². The Morgan fingerprint density at radius 2 is 1.86 bits per heavy atom. The normalized spacial score (nSPS) is 21.1. The van der Waals surface area contributed by atoms with E-state index in [1.807, 2.05) is 25.7 Å². The maximum atomic E-state index is 15.0. The highest BCUT2D eigenvalue weighted by molar-refractivity contribution is 5.84. The van der Waals surface area contributed by atoms with Gasteiger partial charge in [-0.25, -0.2) is 14.4 Å². The van der Waals surface area contributed by atoms with E-state index in [2.05, 4.69) is 14.9 Å². The van der Waals surface area contributed by atoms with Crippen molar-refractivity contribution in [3.63, 3.8) is 0 Å². The van der Waals surface area contributed by atoms with Gasteiger partial charge in [-0.1, -0.05) is 13.0 Å². The van der Waals surface area contributed by atoms with Crippen LogP contribution in [0.3, 0.4) is 0 Å². The number of fused-ring (bicyclic) bond motifs is 1. The van der Waals surface area contributed by atoms with Crippen molar-refractivity contribution in [3.05, 3.63) is 52.7 Å². The first-order chi connectivity index (χ1) is 17.4. The third-order valence-corrected chi connectivity index (χ3v) is 7.52. The molecule has 1 aliphatic carbocycles. The zero-order chi connectivity index (χ0) is 27.1. The third-order valence-electron chi connectivity index (χ3n) is 7.52. The summed E-state index contributed by atoms with van der Waals surface area (Å²) in [5.41, 5.74) is 0.454. The molecule has 1 fully saturated rings. The van der Waals surface area contributed by atoms with Crippen molar-refractivity contribution < 1.29 is 27.5 Å². The number of aliphatic hydroxyl groups is 1. The Morgan fingerprint density at radius 3 is 2.46 bits per heavy atom. The number of aliphatic hydroxyl groups excluding tert-OH is 1. The average Bonchev–Trinajstić information content (AvgIpc) is 3.15. The molecule has 4 rings (SSSR count). The summed E-state index contributed by atoms with van der Waals surface area (Å²) in [5, 5.41) is 10.3. The Bertz CT molecular complexity index is 1130. The van der Waals surface area contributed by atoms with E-state index in [-0.39, 0.29) is 30.0 Å². The Morgan fingerprint density at radius 1 is 1.19 bits per heavy atom. The third kappa shape index (κ3) is 5.57. The number of benzene rings is 1. The van der Waals surface area contributed by atoms with Crippen LogP contribution in [0, 0.1) is 5.82 Å². The van der Waals surface area contributed by atoms with Crippen LogP contribution in [0.1, 0.15) is 67.5 Å². The lowest BCUT2D eigenvalue weighted by atomic mass is 9.94. The number of nitrogens with zero attached hydrogens (tertiary/aromatic N) is 5. The molecule has 1 aromatic carbocycles. The molecular formula is C26H33F4N5O2. The van der Waals surface area contributed by atoms with Crippen molar-refractivity contribution in [2.45, 2.75) is 57.3 Å². The van der Waals surface area contributed by atoms with Crippen molar-refractivity contribution in [3.8, 4) is 0 Å². The number of likely N-dealkylation sites (N-methyl/N-ethyl adjacent to an activating group) is 1. The molecule has 3 atom stereocenters. The van der Waals surface area contributed by atoms with Gasteiger partial charge in [-0.3, -0.25) is 4.79 Å². The van der Waals surface area contributed by atoms with E-state index >= 15 is 0 Å². The maximum Gasteiger partial charge on any atom is 0.416 e. The Hall–Kier alpha value is -2.79. The zero-order valence-electron chi connectivity index (χ0n) is 21.5. The summed E-state index contributed by atoms with van der Waals surface area (Å²) in [6.07, 6.45) is -3.26. The first-order valence-electron chi connectivity index (χ1n) is 12.5. The smallest absolute Gasteiger partial charge is 0.387 e. The van der Waals surface area contributed by atoms with E-state index in [4.69, 9.17) is 0 Å². The van der Waals surface area contributed by atoms with Crippen LogP contribution < -0.4 is 4.90 Å². The number of carbonyl (C=O) groups excluding carboxylic acids is 1. The molecule has 37 heavy (non-hydrogen) atoms. The van der Waals surface area contributed by atoms with Crippen LogP contribution >= 0.6 is 0 Å². The minimum atomic E-state index is -4.67. The van der Waals surface area contributed by atoms with E-state index in [0.29, 0.717) is 44.4 Å². The lowest BCUT2D eigenvalue weighted by Crippen LogP contribution is -2.51. The van der Waals surface area contributed by atoms with Crippen molar-refractivity contribution >= 4 is 11.7 Å². The molecule has 1 aliphatic heterocycles. The summed E-state index contributed by atoms with van der Waals surface area (Å²) in [5.74, 6) is -1.43. The summed E-state index contributed by atoms with van der Waals surface area (Å²) in [4.78, 5) is 28.0. The summed E-state index contributed by atoms with van der Waals surface area (Å²) < 4.78 is 54.2. The molecule has 0 unspecified atom stereocenters. The molecule has 202 valence electrons. The lowest BCUT2D eigenvalue weighted by Gasteiger charge is -2.38. The predicted octanol–water partition coefficient (Wildman–Crippen LogP) is 3.95. The van der Waals surface area contributed by atoms with E-state index in [9.17, 15) is 27.5 Å². The van der Waals surface area contributed by atoms with Gasteiger partial charge in [0.2, 0.25) is 5.91 Å². The number of carbonyl (C=O) groups is 1.